The second-order valence-electron chi connectivity index (χ2n) is 4.84. The van der Waals surface area contributed by atoms with Crippen LogP contribution in [0.15, 0.2) is 40.9 Å². The summed E-state index contributed by atoms with van der Waals surface area (Å²) in [6.45, 7) is 0.790. The van der Waals surface area contributed by atoms with E-state index in [1.165, 1.54) is 12.1 Å². The lowest BCUT2D eigenvalue weighted by Gasteiger charge is -2.18. The van der Waals surface area contributed by atoms with Crippen LogP contribution in [0.25, 0.3) is 0 Å². The number of ether oxygens (including phenoxy) is 1. The van der Waals surface area contributed by atoms with E-state index in [-0.39, 0.29) is 16.6 Å². The highest BCUT2D eigenvalue weighted by Crippen LogP contribution is 2.23. The lowest BCUT2D eigenvalue weighted by Crippen LogP contribution is -2.19. The van der Waals surface area contributed by atoms with Gasteiger partial charge in [-0.1, -0.05) is 12.1 Å². The Morgan fingerprint density at radius 3 is 2.33 bits per heavy atom. The van der Waals surface area contributed by atoms with Gasteiger partial charge in [-0.05, 0) is 52.8 Å². The SMILES string of the molecule is COc1ccc(CN(C)Cc2c(F)ccc(Br)c2F)cc1. The molecular formula is C16H16BrF2NO. The van der Waals surface area contributed by atoms with Crippen molar-refractivity contribution in [2.24, 2.45) is 0 Å². The fourth-order valence-electron chi connectivity index (χ4n) is 2.08. The van der Waals surface area contributed by atoms with Crippen LogP contribution in [0, 0.1) is 11.6 Å². The first-order valence-electron chi connectivity index (χ1n) is 6.45. The fraction of sp³-hybridized carbons (Fsp3) is 0.250. The highest BCUT2D eigenvalue weighted by molar-refractivity contribution is 9.10. The third-order valence-electron chi connectivity index (χ3n) is 3.18. The molecule has 0 atom stereocenters. The minimum atomic E-state index is -0.545. The maximum atomic E-state index is 13.9. The summed E-state index contributed by atoms with van der Waals surface area (Å²) in [5.41, 5.74) is 1.12. The van der Waals surface area contributed by atoms with Crippen molar-refractivity contribution in [3.05, 3.63) is 63.6 Å². The zero-order valence-electron chi connectivity index (χ0n) is 11.9. The van der Waals surface area contributed by atoms with Crippen LogP contribution >= 0.6 is 15.9 Å². The first-order valence-corrected chi connectivity index (χ1v) is 7.24. The summed E-state index contributed by atoms with van der Waals surface area (Å²) in [4.78, 5) is 1.86. The molecule has 0 unspecified atom stereocenters. The van der Waals surface area contributed by atoms with E-state index in [0.29, 0.717) is 6.54 Å². The Balaban J connectivity index is 2.07. The van der Waals surface area contributed by atoms with Gasteiger partial charge in [-0.15, -0.1) is 0 Å². The summed E-state index contributed by atoms with van der Waals surface area (Å²) in [5.74, 6) is -0.292. The molecule has 2 nitrogen and oxygen atoms in total. The zero-order valence-corrected chi connectivity index (χ0v) is 13.5. The van der Waals surface area contributed by atoms with Crippen LogP contribution in [0.1, 0.15) is 11.1 Å². The maximum Gasteiger partial charge on any atom is 0.144 e. The van der Waals surface area contributed by atoms with E-state index >= 15 is 0 Å². The predicted octanol–water partition coefficient (Wildman–Crippen LogP) is 4.37. The van der Waals surface area contributed by atoms with Crippen molar-refractivity contribution in [2.75, 3.05) is 14.2 Å². The van der Waals surface area contributed by atoms with Crippen LogP contribution in [-0.4, -0.2) is 19.1 Å². The molecule has 0 fully saturated rings. The molecule has 2 rings (SSSR count). The third-order valence-corrected chi connectivity index (χ3v) is 3.79. The minimum absolute atomic E-state index is 0.0698. The molecular weight excluding hydrogens is 340 g/mol. The Kier molecular flexibility index (Phi) is 5.31. The molecule has 0 radical (unpaired) electrons. The van der Waals surface area contributed by atoms with Crippen molar-refractivity contribution in [1.29, 1.82) is 0 Å². The van der Waals surface area contributed by atoms with Crippen molar-refractivity contribution in [2.45, 2.75) is 13.1 Å². The molecule has 0 aromatic heterocycles. The quantitative estimate of drug-likeness (QED) is 0.738. The van der Waals surface area contributed by atoms with Gasteiger partial charge in [0.2, 0.25) is 0 Å². The molecule has 21 heavy (non-hydrogen) atoms. The normalized spacial score (nSPS) is 11.0. The summed E-state index contributed by atoms with van der Waals surface area (Å²) in [7, 11) is 3.43. The summed E-state index contributed by atoms with van der Waals surface area (Å²) >= 11 is 3.08. The molecule has 0 aliphatic heterocycles. The minimum Gasteiger partial charge on any atom is -0.497 e. The monoisotopic (exact) mass is 355 g/mol. The van der Waals surface area contributed by atoms with Crippen LogP contribution < -0.4 is 4.74 Å². The van der Waals surface area contributed by atoms with Gasteiger partial charge in [-0.3, -0.25) is 4.90 Å². The molecule has 2 aromatic rings. The van der Waals surface area contributed by atoms with Crippen LogP contribution in [0.5, 0.6) is 5.75 Å². The summed E-state index contributed by atoms with van der Waals surface area (Å²) < 4.78 is 33.0. The van der Waals surface area contributed by atoms with Gasteiger partial charge in [0.1, 0.15) is 17.4 Å². The van der Waals surface area contributed by atoms with Gasteiger partial charge in [0.05, 0.1) is 11.6 Å². The molecule has 0 amide bonds. The van der Waals surface area contributed by atoms with Crippen LogP contribution in [-0.2, 0) is 13.1 Å². The number of methoxy groups -OCH3 is 1. The number of rotatable bonds is 5. The molecule has 0 spiro atoms. The Bertz CT molecular complexity index is 616. The van der Waals surface area contributed by atoms with Crippen LogP contribution in [0.2, 0.25) is 0 Å². The Labute approximate surface area is 131 Å². The third kappa shape index (κ3) is 4.02. The molecule has 5 heteroatoms. The Morgan fingerprint density at radius 2 is 1.71 bits per heavy atom. The zero-order chi connectivity index (χ0) is 15.4. The smallest absolute Gasteiger partial charge is 0.144 e. The van der Waals surface area contributed by atoms with Gasteiger partial charge < -0.3 is 4.74 Å². The maximum absolute atomic E-state index is 13.9. The van der Waals surface area contributed by atoms with E-state index in [9.17, 15) is 8.78 Å². The molecule has 0 saturated carbocycles. The number of hydrogen-bond donors (Lipinski definition) is 0. The van der Waals surface area contributed by atoms with Crippen molar-refractivity contribution in [3.63, 3.8) is 0 Å². The summed E-state index contributed by atoms with van der Waals surface area (Å²) in [5, 5.41) is 0. The molecule has 0 aliphatic carbocycles. The average Bonchev–Trinajstić information content (AvgIpc) is 2.48. The Hall–Kier alpha value is -1.46. The highest BCUT2D eigenvalue weighted by atomic mass is 79.9. The van der Waals surface area contributed by atoms with Gasteiger partial charge in [-0.2, -0.15) is 0 Å². The molecule has 2 aromatic carbocycles. The van der Waals surface area contributed by atoms with E-state index in [0.717, 1.165) is 11.3 Å². The lowest BCUT2D eigenvalue weighted by atomic mass is 10.1. The van der Waals surface area contributed by atoms with Crippen LogP contribution in [0.3, 0.4) is 0 Å². The first-order chi connectivity index (χ1) is 10.0. The van der Waals surface area contributed by atoms with E-state index in [1.54, 1.807) is 7.11 Å². The van der Waals surface area contributed by atoms with Gasteiger partial charge in [0.15, 0.2) is 0 Å². The topological polar surface area (TPSA) is 12.5 Å². The van der Waals surface area contributed by atoms with Crippen molar-refractivity contribution < 1.29 is 13.5 Å². The molecule has 0 saturated heterocycles. The van der Waals surface area contributed by atoms with Gasteiger partial charge in [0, 0.05) is 18.7 Å². The van der Waals surface area contributed by atoms with Crippen molar-refractivity contribution >= 4 is 15.9 Å². The Morgan fingerprint density at radius 1 is 1.05 bits per heavy atom. The number of nitrogens with zero attached hydrogens (tertiary/aromatic N) is 1. The fourth-order valence-corrected chi connectivity index (χ4v) is 2.45. The number of benzene rings is 2. The average molecular weight is 356 g/mol. The second-order valence-corrected chi connectivity index (χ2v) is 5.70. The molecule has 0 bridgehead atoms. The van der Waals surface area contributed by atoms with E-state index < -0.39 is 11.6 Å². The lowest BCUT2D eigenvalue weighted by molar-refractivity contribution is 0.306. The number of hydrogen-bond acceptors (Lipinski definition) is 2. The van der Waals surface area contributed by atoms with Crippen LogP contribution in [0.4, 0.5) is 8.78 Å². The van der Waals surface area contributed by atoms with Gasteiger partial charge in [-0.25, -0.2) is 8.78 Å². The first kappa shape index (κ1) is 15.9. The summed E-state index contributed by atoms with van der Waals surface area (Å²) in [6.07, 6.45) is 0. The van der Waals surface area contributed by atoms with E-state index in [1.807, 2.05) is 36.2 Å². The molecule has 112 valence electrons. The standard InChI is InChI=1S/C16H16BrF2NO/c1-20(9-11-3-5-12(21-2)6-4-11)10-13-15(18)8-7-14(17)16(13)19/h3-8H,9-10H2,1-2H3. The largest absolute Gasteiger partial charge is 0.497 e. The highest BCUT2D eigenvalue weighted by Gasteiger charge is 2.14. The number of halogens is 3. The van der Waals surface area contributed by atoms with E-state index in [4.69, 9.17) is 4.74 Å². The predicted molar refractivity (Wildman–Crippen MR) is 82.2 cm³/mol. The van der Waals surface area contributed by atoms with E-state index in [2.05, 4.69) is 15.9 Å². The molecule has 0 heterocycles. The van der Waals surface area contributed by atoms with Crippen molar-refractivity contribution in [3.8, 4) is 5.75 Å². The van der Waals surface area contributed by atoms with Gasteiger partial charge >= 0.3 is 0 Å². The second kappa shape index (κ2) is 7.00. The van der Waals surface area contributed by atoms with Crippen molar-refractivity contribution in [1.82, 2.24) is 4.90 Å². The molecule has 0 N–H and O–H groups in total. The molecule has 0 aliphatic rings. The summed E-state index contributed by atoms with van der Waals surface area (Å²) in [6, 6.07) is 10.2. The van der Waals surface area contributed by atoms with Gasteiger partial charge in [0.25, 0.3) is 0 Å².